The van der Waals surface area contributed by atoms with Gasteiger partial charge in [-0.05, 0) is 37.2 Å². The summed E-state index contributed by atoms with van der Waals surface area (Å²) in [5.41, 5.74) is 6.62. The average molecular weight is 330 g/mol. The molecule has 0 bridgehead atoms. The molecule has 1 aliphatic carbocycles. The van der Waals surface area contributed by atoms with Crippen LogP contribution in [0.1, 0.15) is 19.3 Å². The molecule has 114 valence electrons. The molecule has 1 saturated heterocycles. The molecule has 0 spiro atoms. The van der Waals surface area contributed by atoms with Gasteiger partial charge in [0.25, 0.3) is 5.69 Å². The standard InChI is InChI=1S/C14H17Cl2N3O2/c15-11-4-13(14(19(20)21)5-12(11)16)18-6-8-1-2-10(17)3-9(8)7-18/h4-5,8-10H,1-3,6-7,17H2/t8-,9+,10?/m1/s1. The van der Waals surface area contributed by atoms with E-state index in [4.69, 9.17) is 28.9 Å². The minimum Gasteiger partial charge on any atom is -0.365 e. The fraction of sp³-hybridized carbons (Fsp3) is 0.571. The maximum absolute atomic E-state index is 11.3. The van der Waals surface area contributed by atoms with Crippen LogP contribution < -0.4 is 10.6 Å². The van der Waals surface area contributed by atoms with Crippen LogP contribution in [0.25, 0.3) is 0 Å². The second-order valence-corrected chi connectivity index (χ2v) is 6.82. The Hall–Kier alpha value is -1.04. The molecule has 1 aromatic carbocycles. The SMILES string of the molecule is NC1CC[C@@H]2CN(c3cc(Cl)c(Cl)cc3[N+](=O)[O-])C[C@@H]2C1. The van der Waals surface area contributed by atoms with E-state index in [0.29, 0.717) is 22.5 Å². The molecule has 2 N–H and O–H groups in total. The van der Waals surface area contributed by atoms with Crippen molar-refractivity contribution < 1.29 is 4.92 Å². The molecule has 1 saturated carbocycles. The summed E-state index contributed by atoms with van der Waals surface area (Å²) in [7, 11) is 0. The lowest BCUT2D eigenvalue weighted by Crippen LogP contribution is -2.32. The molecular weight excluding hydrogens is 313 g/mol. The van der Waals surface area contributed by atoms with Gasteiger partial charge in [0.1, 0.15) is 5.69 Å². The number of hydrogen-bond donors (Lipinski definition) is 1. The van der Waals surface area contributed by atoms with Gasteiger partial charge < -0.3 is 10.6 Å². The molecule has 3 rings (SSSR count). The second kappa shape index (κ2) is 5.63. The van der Waals surface area contributed by atoms with Crippen molar-refractivity contribution >= 4 is 34.6 Å². The molecule has 2 aliphatic rings. The highest BCUT2D eigenvalue weighted by atomic mass is 35.5. The van der Waals surface area contributed by atoms with Crippen molar-refractivity contribution in [3.63, 3.8) is 0 Å². The van der Waals surface area contributed by atoms with Crippen molar-refractivity contribution in [1.29, 1.82) is 0 Å². The van der Waals surface area contributed by atoms with Crippen molar-refractivity contribution in [2.45, 2.75) is 25.3 Å². The van der Waals surface area contributed by atoms with Gasteiger partial charge in [-0.25, -0.2) is 0 Å². The Labute approximate surface area is 133 Å². The number of nitrogens with zero attached hydrogens (tertiary/aromatic N) is 2. The molecule has 1 aromatic rings. The number of benzene rings is 1. The molecule has 0 radical (unpaired) electrons. The third kappa shape index (κ3) is 2.82. The number of nitrogens with two attached hydrogens (primary N) is 1. The van der Waals surface area contributed by atoms with Gasteiger partial charge in [-0.2, -0.15) is 0 Å². The molecule has 2 fully saturated rings. The molecular formula is C14H17Cl2N3O2. The van der Waals surface area contributed by atoms with Crippen LogP contribution in [0.4, 0.5) is 11.4 Å². The van der Waals surface area contributed by atoms with Crippen LogP contribution in [0.15, 0.2) is 12.1 Å². The third-order valence-electron chi connectivity index (χ3n) is 4.65. The summed E-state index contributed by atoms with van der Waals surface area (Å²) in [5, 5.41) is 11.8. The van der Waals surface area contributed by atoms with Crippen molar-refractivity contribution in [3.05, 3.63) is 32.3 Å². The summed E-state index contributed by atoms with van der Waals surface area (Å²) in [6, 6.07) is 3.21. The Balaban J connectivity index is 1.91. The van der Waals surface area contributed by atoms with Crippen molar-refractivity contribution in [2.24, 2.45) is 17.6 Å². The first-order chi connectivity index (χ1) is 9.95. The largest absolute Gasteiger partial charge is 0.365 e. The molecule has 21 heavy (non-hydrogen) atoms. The average Bonchev–Trinajstić information content (AvgIpc) is 2.83. The highest BCUT2D eigenvalue weighted by Crippen LogP contribution is 2.42. The lowest BCUT2D eigenvalue weighted by atomic mass is 9.79. The molecule has 1 unspecified atom stereocenters. The Morgan fingerprint density at radius 1 is 1.19 bits per heavy atom. The predicted octanol–water partition coefficient (Wildman–Crippen LogP) is 3.47. The molecule has 0 amide bonds. The molecule has 1 aliphatic heterocycles. The van der Waals surface area contributed by atoms with Gasteiger partial charge in [-0.1, -0.05) is 23.2 Å². The predicted molar refractivity (Wildman–Crippen MR) is 84.1 cm³/mol. The van der Waals surface area contributed by atoms with E-state index in [1.165, 1.54) is 6.07 Å². The van der Waals surface area contributed by atoms with E-state index >= 15 is 0 Å². The van der Waals surface area contributed by atoms with Gasteiger partial charge in [-0.3, -0.25) is 10.1 Å². The summed E-state index contributed by atoms with van der Waals surface area (Å²) >= 11 is 11.9. The minimum absolute atomic E-state index is 0.0207. The fourth-order valence-corrected chi connectivity index (χ4v) is 3.91. The monoisotopic (exact) mass is 329 g/mol. The number of rotatable bonds is 2. The van der Waals surface area contributed by atoms with Crippen molar-refractivity contribution in [3.8, 4) is 0 Å². The number of anilines is 1. The molecule has 7 heteroatoms. The summed E-state index contributed by atoms with van der Waals surface area (Å²) in [5.74, 6) is 1.08. The lowest BCUT2D eigenvalue weighted by molar-refractivity contribution is -0.384. The summed E-state index contributed by atoms with van der Waals surface area (Å²) in [6.45, 7) is 1.63. The zero-order valence-electron chi connectivity index (χ0n) is 11.5. The Kier molecular flexibility index (Phi) is 3.99. The van der Waals surface area contributed by atoms with Crippen LogP contribution in [-0.4, -0.2) is 24.1 Å². The maximum Gasteiger partial charge on any atom is 0.294 e. The zero-order valence-corrected chi connectivity index (χ0v) is 13.0. The normalized spacial score (nSPS) is 28.5. The Morgan fingerprint density at radius 2 is 1.86 bits per heavy atom. The van der Waals surface area contributed by atoms with Crippen LogP contribution in [0.5, 0.6) is 0 Å². The first-order valence-corrected chi connectivity index (χ1v) is 7.85. The summed E-state index contributed by atoms with van der Waals surface area (Å²) in [4.78, 5) is 12.9. The smallest absolute Gasteiger partial charge is 0.294 e. The van der Waals surface area contributed by atoms with Crippen LogP contribution in [0.2, 0.25) is 10.0 Å². The lowest BCUT2D eigenvalue weighted by Gasteiger charge is -2.27. The maximum atomic E-state index is 11.3. The number of nitro benzene ring substituents is 1. The van der Waals surface area contributed by atoms with Crippen LogP contribution in [0, 0.1) is 22.0 Å². The Bertz CT molecular complexity index is 582. The van der Waals surface area contributed by atoms with Crippen LogP contribution >= 0.6 is 23.2 Å². The molecule has 0 aromatic heterocycles. The van der Waals surface area contributed by atoms with E-state index in [2.05, 4.69) is 4.90 Å². The van der Waals surface area contributed by atoms with Crippen molar-refractivity contribution in [1.82, 2.24) is 0 Å². The van der Waals surface area contributed by atoms with Gasteiger partial charge in [0.05, 0.1) is 15.0 Å². The van der Waals surface area contributed by atoms with E-state index in [1.54, 1.807) is 6.07 Å². The van der Waals surface area contributed by atoms with Crippen LogP contribution in [0.3, 0.4) is 0 Å². The number of halogens is 2. The first-order valence-electron chi connectivity index (χ1n) is 7.09. The second-order valence-electron chi connectivity index (χ2n) is 6.01. The summed E-state index contributed by atoms with van der Waals surface area (Å²) < 4.78 is 0. The summed E-state index contributed by atoms with van der Waals surface area (Å²) in [6.07, 6.45) is 3.13. The third-order valence-corrected chi connectivity index (χ3v) is 5.37. The van der Waals surface area contributed by atoms with Gasteiger partial charge in [0, 0.05) is 25.2 Å². The van der Waals surface area contributed by atoms with E-state index in [0.717, 1.165) is 32.4 Å². The van der Waals surface area contributed by atoms with Gasteiger partial charge in [0.15, 0.2) is 0 Å². The van der Waals surface area contributed by atoms with E-state index in [1.807, 2.05) is 0 Å². The Morgan fingerprint density at radius 3 is 2.57 bits per heavy atom. The topological polar surface area (TPSA) is 72.4 Å². The van der Waals surface area contributed by atoms with Crippen molar-refractivity contribution in [2.75, 3.05) is 18.0 Å². The molecule has 5 nitrogen and oxygen atoms in total. The number of nitro groups is 1. The number of hydrogen-bond acceptors (Lipinski definition) is 4. The van der Waals surface area contributed by atoms with E-state index < -0.39 is 4.92 Å². The minimum atomic E-state index is -0.398. The molecule has 3 atom stereocenters. The van der Waals surface area contributed by atoms with E-state index in [-0.39, 0.29) is 16.8 Å². The zero-order chi connectivity index (χ0) is 15.1. The van der Waals surface area contributed by atoms with Gasteiger partial charge >= 0.3 is 0 Å². The quantitative estimate of drug-likeness (QED) is 0.666. The first kappa shape index (κ1) is 14.9. The number of fused-ring (bicyclic) bond motifs is 1. The van der Waals surface area contributed by atoms with Gasteiger partial charge in [0.2, 0.25) is 0 Å². The van der Waals surface area contributed by atoms with E-state index in [9.17, 15) is 10.1 Å². The molecule has 1 heterocycles. The highest BCUT2D eigenvalue weighted by Gasteiger charge is 2.38. The van der Waals surface area contributed by atoms with Crippen LogP contribution in [-0.2, 0) is 0 Å². The fourth-order valence-electron chi connectivity index (χ4n) is 3.59. The highest BCUT2D eigenvalue weighted by molar-refractivity contribution is 6.42. The van der Waals surface area contributed by atoms with Gasteiger partial charge in [-0.15, -0.1) is 0 Å².